The maximum Gasteiger partial charge on any atom is 0.0898 e. The monoisotopic (exact) mass is 190 g/mol. The van der Waals surface area contributed by atoms with Gasteiger partial charge in [0.25, 0.3) is 0 Å². The first-order chi connectivity index (χ1) is 6.48. The van der Waals surface area contributed by atoms with Crippen LogP contribution >= 0.6 is 0 Å². The number of hydrogen-bond acceptors (Lipinski definition) is 3. The second kappa shape index (κ2) is 2.78. The first-order valence-electron chi connectivity index (χ1n) is 4.59. The van der Waals surface area contributed by atoms with Crippen LogP contribution in [0.1, 0.15) is 25.2 Å². The molecule has 0 aliphatic rings. The van der Waals surface area contributed by atoms with E-state index in [0.717, 1.165) is 16.9 Å². The van der Waals surface area contributed by atoms with E-state index < -0.39 is 5.54 Å². The molecule has 0 aliphatic carbocycles. The maximum atomic E-state index is 6.03. The molecule has 14 heavy (non-hydrogen) atoms. The minimum atomic E-state index is -0.436. The summed E-state index contributed by atoms with van der Waals surface area (Å²) in [5.74, 6) is 0. The van der Waals surface area contributed by atoms with Gasteiger partial charge in [0.05, 0.1) is 22.4 Å². The van der Waals surface area contributed by atoms with Crippen molar-refractivity contribution >= 4 is 5.52 Å². The van der Waals surface area contributed by atoms with Crippen LogP contribution in [0.4, 0.5) is 0 Å². The lowest BCUT2D eigenvalue weighted by molar-refractivity contribution is 0.537. The van der Waals surface area contributed by atoms with E-state index >= 15 is 0 Å². The zero-order valence-corrected chi connectivity index (χ0v) is 8.65. The summed E-state index contributed by atoms with van der Waals surface area (Å²) in [6.07, 6.45) is 3.56. The first-order valence-corrected chi connectivity index (χ1v) is 4.59. The van der Waals surface area contributed by atoms with Crippen molar-refractivity contribution in [1.82, 2.24) is 14.6 Å². The summed E-state index contributed by atoms with van der Waals surface area (Å²) >= 11 is 0. The fraction of sp³-hybridized carbons (Fsp3) is 0.400. The molecule has 0 aromatic carbocycles. The van der Waals surface area contributed by atoms with Crippen molar-refractivity contribution in [1.29, 1.82) is 0 Å². The molecule has 2 rings (SSSR count). The van der Waals surface area contributed by atoms with E-state index in [1.807, 2.05) is 37.5 Å². The van der Waals surface area contributed by atoms with E-state index in [4.69, 9.17) is 5.73 Å². The zero-order chi connectivity index (χ0) is 10.3. The van der Waals surface area contributed by atoms with Crippen molar-refractivity contribution in [3.63, 3.8) is 0 Å². The van der Waals surface area contributed by atoms with Gasteiger partial charge in [0.2, 0.25) is 0 Å². The average Bonchev–Trinajstić information content (AvgIpc) is 2.41. The third kappa shape index (κ3) is 1.37. The van der Waals surface area contributed by atoms with Gasteiger partial charge < -0.3 is 5.73 Å². The molecule has 2 aromatic heterocycles. The Labute approximate surface area is 82.8 Å². The average molecular weight is 190 g/mol. The molecule has 0 amide bonds. The van der Waals surface area contributed by atoms with Gasteiger partial charge in [-0.2, -0.15) is 5.10 Å². The molecule has 0 saturated heterocycles. The Bertz CT molecular complexity index is 464. The van der Waals surface area contributed by atoms with Crippen molar-refractivity contribution in [2.75, 3.05) is 0 Å². The maximum absolute atomic E-state index is 6.03. The molecule has 0 saturated carbocycles. The fourth-order valence-electron chi connectivity index (χ4n) is 1.54. The number of fused-ring (bicyclic) bond motifs is 1. The number of nitrogens with two attached hydrogens (primary N) is 1. The molecule has 0 aliphatic heterocycles. The summed E-state index contributed by atoms with van der Waals surface area (Å²) in [6.45, 7) is 5.84. The molecule has 2 aromatic rings. The van der Waals surface area contributed by atoms with Gasteiger partial charge in [0.15, 0.2) is 0 Å². The lowest BCUT2D eigenvalue weighted by Gasteiger charge is -2.18. The number of hydrogen-bond donors (Lipinski definition) is 1. The van der Waals surface area contributed by atoms with Gasteiger partial charge >= 0.3 is 0 Å². The highest BCUT2D eigenvalue weighted by atomic mass is 15.2. The van der Waals surface area contributed by atoms with Crippen LogP contribution in [-0.2, 0) is 5.54 Å². The summed E-state index contributed by atoms with van der Waals surface area (Å²) in [7, 11) is 0. The van der Waals surface area contributed by atoms with Gasteiger partial charge in [-0.1, -0.05) is 0 Å². The Morgan fingerprint density at radius 1 is 1.43 bits per heavy atom. The van der Waals surface area contributed by atoms with Crippen molar-refractivity contribution in [2.45, 2.75) is 26.3 Å². The Balaban J connectivity index is 2.77. The van der Waals surface area contributed by atoms with Crippen LogP contribution in [0.25, 0.3) is 5.52 Å². The summed E-state index contributed by atoms with van der Waals surface area (Å²) < 4.78 is 1.81. The van der Waals surface area contributed by atoms with Crippen LogP contribution in [0.15, 0.2) is 18.5 Å². The summed E-state index contributed by atoms with van der Waals surface area (Å²) in [4.78, 5) is 4.31. The van der Waals surface area contributed by atoms with Gasteiger partial charge in [-0.3, -0.25) is 4.98 Å². The Morgan fingerprint density at radius 3 is 2.79 bits per heavy atom. The largest absolute Gasteiger partial charge is 0.321 e. The number of aromatic nitrogens is 3. The van der Waals surface area contributed by atoms with Gasteiger partial charge in [0, 0.05) is 12.4 Å². The van der Waals surface area contributed by atoms with Gasteiger partial charge in [-0.05, 0) is 26.8 Å². The molecule has 2 heterocycles. The lowest BCUT2D eigenvalue weighted by Crippen LogP contribution is -2.30. The van der Waals surface area contributed by atoms with Gasteiger partial charge in [-0.25, -0.2) is 4.52 Å². The molecule has 0 fully saturated rings. The van der Waals surface area contributed by atoms with Crippen LogP contribution in [-0.4, -0.2) is 14.6 Å². The van der Waals surface area contributed by atoms with Crippen LogP contribution in [0.3, 0.4) is 0 Å². The highest BCUT2D eigenvalue weighted by Crippen LogP contribution is 2.19. The lowest BCUT2D eigenvalue weighted by atomic mass is 10.0. The minimum Gasteiger partial charge on any atom is -0.321 e. The third-order valence-electron chi connectivity index (χ3n) is 2.12. The van der Waals surface area contributed by atoms with E-state index in [1.165, 1.54) is 0 Å². The topological polar surface area (TPSA) is 56.2 Å². The smallest absolute Gasteiger partial charge is 0.0898 e. The Kier molecular flexibility index (Phi) is 1.82. The van der Waals surface area contributed by atoms with Crippen molar-refractivity contribution in [3.8, 4) is 0 Å². The molecular weight excluding hydrogens is 176 g/mol. The van der Waals surface area contributed by atoms with Crippen molar-refractivity contribution in [3.05, 3.63) is 29.8 Å². The third-order valence-corrected chi connectivity index (χ3v) is 2.12. The summed E-state index contributed by atoms with van der Waals surface area (Å²) in [5, 5.41) is 4.31. The molecule has 4 nitrogen and oxygen atoms in total. The first kappa shape index (κ1) is 9.15. The Hall–Kier alpha value is -1.42. The predicted octanol–water partition coefficient (Wildman–Crippen LogP) is 1.23. The highest BCUT2D eigenvalue weighted by molar-refractivity contribution is 5.54. The number of rotatable bonds is 1. The second-order valence-electron chi connectivity index (χ2n) is 4.11. The van der Waals surface area contributed by atoms with Crippen LogP contribution in [0.2, 0.25) is 0 Å². The molecule has 0 bridgehead atoms. The molecule has 0 spiro atoms. The van der Waals surface area contributed by atoms with Crippen LogP contribution in [0, 0.1) is 6.92 Å². The van der Waals surface area contributed by atoms with E-state index in [2.05, 4.69) is 10.1 Å². The van der Waals surface area contributed by atoms with E-state index in [0.29, 0.717) is 0 Å². The molecular formula is C10H14N4. The molecule has 0 unspecified atom stereocenters. The fourth-order valence-corrected chi connectivity index (χ4v) is 1.54. The van der Waals surface area contributed by atoms with Crippen molar-refractivity contribution in [2.24, 2.45) is 5.73 Å². The summed E-state index contributed by atoms with van der Waals surface area (Å²) in [5.41, 5.74) is 8.43. The number of aryl methyl sites for hydroxylation is 1. The Morgan fingerprint density at radius 2 is 2.14 bits per heavy atom. The molecule has 0 atom stereocenters. The second-order valence-corrected chi connectivity index (χ2v) is 4.11. The zero-order valence-electron chi connectivity index (χ0n) is 8.65. The SMILES string of the molecule is Cc1cc2c(C(C)(C)N)nccn2n1. The highest BCUT2D eigenvalue weighted by Gasteiger charge is 2.19. The van der Waals surface area contributed by atoms with Crippen LogP contribution in [0.5, 0.6) is 0 Å². The van der Waals surface area contributed by atoms with E-state index in [1.54, 1.807) is 6.20 Å². The van der Waals surface area contributed by atoms with Crippen molar-refractivity contribution < 1.29 is 0 Å². The van der Waals surface area contributed by atoms with Gasteiger partial charge in [-0.15, -0.1) is 0 Å². The molecule has 74 valence electrons. The normalized spacial score (nSPS) is 12.3. The van der Waals surface area contributed by atoms with E-state index in [9.17, 15) is 0 Å². The molecule has 4 heteroatoms. The summed E-state index contributed by atoms with van der Waals surface area (Å²) in [6, 6.07) is 2.00. The predicted molar refractivity (Wildman–Crippen MR) is 54.9 cm³/mol. The van der Waals surface area contributed by atoms with Crippen LogP contribution < -0.4 is 5.73 Å². The molecule has 2 N–H and O–H groups in total. The standard InChI is InChI=1S/C10H14N4/c1-7-6-8-9(10(2,3)11)12-4-5-14(8)13-7/h4-6H,11H2,1-3H3. The van der Waals surface area contributed by atoms with Gasteiger partial charge in [0.1, 0.15) is 0 Å². The number of nitrogens with zero attached hydrogens (tertiary/aromatic N) is 3. The quantitative estimate of drug-likeness (QED) is 0.735. The molecule has 0 radical (unpaired) electrons. The van der Waals surface area contributed by atoms with E-state index in [-0.39, 0.29) is 0 Å². The minimum absolute atomic E-state index is 0.436.